The van der Waals surface area contributed by atoms with E-state index in [0.29, 0.717) is 25.1 Å². The van der Waals surface area contributed by atoms with Crippen LogP contribution in [0.2, 0.25) is 0 Å². The molecule has 0 saturated carbocycles. The van der Waals surface area contributed by atoms with E-state index in [2.05, 4.69) is 5.32 Å². The Morgan fingerprint density at radius 1 is 1.03 bits per heavy atom. The second-order valence-corrected chi connectivity index (χ2v) is 10.5. The molecule has 1 aliphatic rings. The maximum Gasteiger partial charge on any atom is 0.258 e. The highest BCUT2D eigenvalue weighted by atomic mass is 16.5. The second kappa shape index (κ2) is 10.6. The lowest BCUT2D eigenvalue weighted by Gasteiger charge is -2.31. The smallest absolute Gasteiger partial charge is 0.258 e. The lowest BCUT2D eigenvalue weighted by atomic mass is 10.1. The van der Waals surface area contributed by atoms with Crippen molar-refractivity contribution < 1.29 is 19.1 Å². The van der Waals surface area contributed by atoms with Crippen LogP contribution in [0.15, 0.2) is 60.7 Å². The number of hydrogen-bond acceptors (Lipinski definition) is 4. The van der Waals surface area contributed by atoms with E-state index >= 15 is 0 Å². The maximum absolute atomic E-state index is 13.5. The summed E-state index contributed by atoms with van der Waals surface area (Å²) < 4.78 is 5.24. The molecule has 7 heteroatoms. The van der Waals surface area contributed by atoms with Crippen LogP contribution in [0.1, 0.15) is 56.5 Å². The second-order valence-electron chi connectivity index (χ2n) is 10.5. The summed E-state index contributed by atoms with van der Waals surface area (Å²) in [6.45, 7) is 8.23. The van der Waals surface area contributed by atoms with Gasteiger partial charge in [-0.3, -0.25) is 14.4 Å². The number of methoxy groups -OCH3 is 1. The molecule has 37 heavy (non-hydrogen) atoms. The van der Waals surface area contributed by atoms with E-state index in [0.717, 1.165) is 27.8 Å². The van der Waals surface area contributed by atoms with Crippen molar-refractivity contribution in [1.82, 2.24) is 10.2 Å². The first-order chi connectivity index (χ1) is 17.6. The van der Waals surface area contributed by atoms with Gasteiger partial charge >= 0.3 is 0 Å². The van der Waals surface area contributed by atoms with E-state index in [-0.39, 0.29) is 24.1 Å². The lowest BCUT2D eigenvalue weighted by Crippen LogP contribution is -2.52. The summed E-state index contributed by atoms with van der Waals surface area (Å²) in [5.74, 6) is 0.361. The van der Waals surface area contributed by atoms with Crippen LogP contribution in [-0.2, 0) is 16.1 Å². The molecule has 3 amide bonds. The SMILES string of the molecule is COc1ccc(CN(C(=O)CCCN2C(=O)c3cccc4cccc2c34)C(C)C(=O)NC(C)(C)C)cc1. The van der Waals surface area contributed by atoms with Crippen molar-refractivity contribution in [2.24, 2.45) is 0 Å². The molecule has 0 fully saturated rings. The number of hydrogen-bond donors (Lipinski definition) is 1. The molecule has 1 unspecified atom stereocenters. The molecule has 0 bridgehead atoms. The van der Waals surface area contributed by atoms with E-state index in [1.165, 1.54) is 0 Å². The average molecular weight is 502 g/mol. The van der Waals surface area contributed by atoms with Crippen molar-refractivity contribution >= 4 is 34.2 Å². The fourth-order valence-electron chi connectivity index (χ4n) is 4.72. The third kappa shape index (κ3) is 5.77. The summed E-state index contributed by atoms with van der Waals surface area (Å²) in [6.07, 6.45) is 0.709. The zero-order valence-corrected chi connectivity index (χ0v) is 22.2. The monoisotopic (exact) mass is 501 g/mol. The zero-order chi connectivity index (χ0) is 26.7. The van der Waals surface area contributed by atoms with Crippen molar-refractivity contribution in [3.63, 3.8) is 0 Å². The van der Waals surface area contributed by atoms with Gasteiger partial charge in [-0.05, 0) is 69.3 Å². The van der Waals surface area contributed by atoms with Gasteiger partial charge in [-0.1, -0.05) is 36.4 Å². The van der Waals surface area contributed by atoms with Gasteiger partial charge in [-0.2, -0.15) is 0 Å². The highest BCUT2D eigenvalue weighted by Crippen LogP contribution is 2.37. The van der Waals surface area contributed by atoms with Gasteiger partial charge in [0.25, 0.3) is 5.91 Å². The van der Waals surface area contributed by atoms with Gasteiger partial charge < -0.3 is 19.9 Å². The Morgan fingerprint density at radius 2 is 1.70 bits per heavy atom. The Kier molecular flexibility index (Phi) is 7.52. The molecule has 3 aromatic carbocycles. The summed E-state index contributed by atoms with van der Waals surface area (Å²) in [7, 11) is 1.60. The molecule has 1 aliphatic heterocycles. The summed E-state index contributed by atoms with van der Waals surface area (Å²) in [4.78, 5) is 42.9. The molecular formula is C30H35N3O4. The summed E-state index contributed by atoms with van der Waals surface area (Å²) >= 11 is 0. The van der Waals surface area contributed by atoms with E-state index < -0.39 is 11.6 Å². The van der Waals surface area contributed by atoms with Crippen molar-refractivity contribution in [1.29, 1.82) is 0 Å². The third-order valence-electron chi connectivity index (χ3n) is 6.60. The molecular weight excluding hydrogens is 466 g/mol. The predicted octanol–water partition coefficient (Wildman–Crippen LogP) is 4.92. The van der Waals surface area contributed by atoms with E-state index in [1.807, 2.05) is 81.4 Å². The number of anilines is 1. The number of benzene rings is 3. The van der Waals surface area contributed by atoms with Gasteiger partial charge in [0.1, 0.15) is 11.8 Å². The fraction of sp³-hybridized carbons (Fsp3) is 0.367. The number of amides is 3. The molecule has 0 spiro atoms. The van der Waals surface area contributed by atoms with Crippen LogP contribution in [-0.4, -0.2) is 47.9 Å². The first kappa shape index (κ1) is 26.2. The molecule has 4 rings (SSSR count). The fourth-order valence-corrected chi connectivity index (χ4v) is 4.72. The molecule has 1 atom stereocenters. The molecule has 0 radical (unpaired) electrons. The summed E-state index contributed by atoms with van der Waals surface area (Å²) in [5.41, 5.74) is 2.08. The van der Waals surface area contributed by atoms with Gasteiger partial charge in [0.2, 0.25) is 11.8 Å². The summed E-state index contributed by atoms with van der Waals surface area (Å²) in [6, 6.07) is 18.5. The number of rotatable bonds is 9. The highest BCUT2D eigenvalue weighted by molar-refractivity contribution is 6.25. The minimum absolute atomic E-state index is 0.0349. The van der Waals surface area contributed by atoms with E-state index in [9.17, 15) is 14.4 Å². The Balaban J connectivity index is 1.47. The number of nitrogens with one attached hydrogen (secondary N) is 1. The first-order valence-electron chi connectivity index (χ1n) is 12.7. The molecule has 1 heterocycles. The average Bonchev–Trinajstić information content (AvgIpc) is 3.14. The molecule has 1 N–H and O–H groups in total. The summed E-state index contributed by atoms with van der Waals surface area (Å²) in [5, 5.41) is 4.98. The highest BCUT2D eigenvalue weighted by Gasteiger charge is 2.31. The maximum atomic E-state index is 13.5. The van der Waals surface area contributed by atoms with Crippen molar-refractivity contribution in [2.75, 3.05) is 18.6 Å². The molecule has 0 aromatic heterocycles. The van der Waals surface area contributed by atoms with Gasteiger partial charge in [-0.25, -0.2) is 0 Å². The van der Waals surface area contributed by atoms with Crippen LogP contribution in [0, 0.1) is 0 Å². The van der Waals surface area contributed by atoms with E-state index in [1.54, 1.807) is 23.8 Å². The molecule has 7 nitrogen and oxygen atoms in total. The van der Waals surface area contributed by atoms with Crippen LogP contribution >= 0.6 is 0 Å². The van der Waals surface area contributed by atoms with Crippen LogP contribution < -0.4 is 15.0 Å². The molecule has 194 valence electrons. The zero-order valence-electron chi connectivity index (χ0n) is 22.2. The molecule has 0 aliphatic carbocycles. The van der Waals surface area contributed by atoms with Crippen LogP contribution in [0.4, 0.5) is 5.69 Å². The Bertz CT molecular complexity index is 1310. The van der Waals surface area contributed by atoms with Crippen molar-refractivity contribution in [3.8, 4) is 5.75 Å². The van der Waals surface area contributed by atoms with Gasteiger partial charge in [0.15, 0.2) is 0 Å². The largest absolute Gasteiger partial charge is 0.497 e. The third-order valence-corrected chi connectivity index (χ3v) is 6.60. The Morgan fingerprint density at radius 3 is 2.35 bits per heavy atom. The Hall–Kier alpha value is -3.87. The molecule has 3 aromatic rings. The van der Waals surface area contributed by atoms with Crippen LogP contribution in [0.3, 0.4) is 0 Å². The topological polar surface area (TPSA) is 79.0 Å². The van der Waals surface area contributed by atoms with Crippen molar-refractivity contribution in [2.45, 2.75) is 58.7 Å². The predicted molar refractivity (Wildman–Crippen MR) is 146 cm³/mol. The number of carbonyl (C=O) groups is 3. The minimum Gasteiger partial charge on any atom is -0.497 e. The normalized spacial score (nSPS) is 13.5. The van der Waals surface area contributed by atoms with Gasteiger partial charge in [-0.15, -0.1) is 0 Å². The quantitative estimate of drug-likeness (QED) is 0.451. The Labute approximate surface area is 218 Å². The number of ether oxygens (including phenoxy) is 1. The van der Waals surface area contributed by atoms with Crippen LogP contribution in [0.25, 0.3) is 10.8 Å². The van der Waals surface area contributed by atoms with Crippen molar-refractivity contribution in [3.05, 3.63) is 71.8 Å². The van der Waals surface area contributed by atoms with Gasteiger partial charge in [0, 0.05) is 36.0 Å². The van der Waals surface area contributed by atoms with Gasteiger partial charge in [0.05, 0.1) is 12.8 Å². The van der Waals surface area contributed by atoms with Crippen LogP contribution in [0.5, 0.6) is 5.75 Å². The van der Waals surface area contributed by atoms with E-state index in [4.69, 9.17) is 4.74 Å². The number of carbonyl (C=O) groups excluding carboxylic acids is 3. The lowest BCUT2D eigenvalue weighted by molar-refractivity contribution is -0.141. The minimum atomic E-state index is -0.653. The number of nitrogens with zero attached hydrogens (tertiary/aromatic N) is 2. The first-order valence-corrected chi connectivity index (χ1v) is 12.7. The standard InChI is InChI=1S/C30H35N3O4/c1-20(28(35)31-30(2,3)4)33(19-21-14-16-23(37-5)17-15-21)26(34)13-8-18-32-25-12-7-10-22-9-6-11-24(27(22)25)29(32)36/h6-7,9-12,14-17,20H,8,13,18-19H2,1-5H3,(H,31,35). The molecule has 0 saturated heterocycles.